The van der Waals surface area contributed by atoms with Crippen LogP contribution < -0.4 is 0 Å². The van der Waals surface area contributed by atoms with Crippen LogP contribution >= 0.6 is 11.8 Å². The molecule has 0 amide bonds. The Hall–Kier alpha value is 0.0200. The third-order valence-electron chi connectivity index (χ3n) is 2.65. The summed E-state index contributed by atoms with van der Waals surface area (Å²) in [5.41, 5.74) is 0. The predicted molar refractivity (Wildman–Crippen MR) is 67.3 cm³/mol. The predicted octanol–water partition coefficient (Wildman–Crippen LogP) is 4.27. The Morgan fingerprint density at radius 2 is 1.79 bits per heavy atom. The van der Waals surface area contributed by atoms with Crippen LogP contribution in [0.5, 0.6) is 0 Å². The van der Waals surface area contributed by atoms with Gasteiger partial charge in [-0.2, -0.15) is 0 Å². The summed E-state index contributed by atoms with van der Waals surface area (Å²) in [4.78, 5) is 4.85. The van der Waals surface area contributed by atoms with E-state index in [1.165, 1.54) is 43.6 Å². The Kier molecular flexibility index (Phi) is 5.61. The molecule has 0 bridgehead atoms. The summed E-state index contributed by atoms with van der Waals surface area (Å²) in [5.74, 6) is 0. The first kappa shape index (κ1) is 12.1. The Bertz CT molecular complexity index is 189. The number of nitrogens with zero attached hydrogens (tertiary/aromatic N) is 1. The molecule has 0 saturated heterocycles. The van der Waals surface area contributed by atoms with Crippen molar-refractivity contribution in [1.29, 1.82) is 0 Å². The van der Waals surface area contributed by atoms with Gasteiger partial charge in [-0.25, -0.2) is 0 Å². The zero-order valence-corrected chi connectivity index (χ0v) is 10.6. The van der Waals surface area contributed by atoms with Crippen LogP contribution in [0.15, 0.2) is 4.99 Å². The molecule has 0 radical (unpaired) electrons. The average molecular weight is 213 g/mol. The Morgan fingerprint density at radius 1 is 1.07 bits per heavy atom. The van der Waals surface area contributed by atoms with E-state index in [2.05, 4.69) is 32.5 Å². The lowest BCUT2D eigenvalue weighted by atomic mass is 10.1. The molecule has 2 atom stereocenters. The zero-order chi connectivity index (χ0) is 10.4. The number of aliphatic imine (C=N–C) groups is 1. The van der Waals surface area contributed by atoms with Crippen molar-refractivity contribution >= 4 is 16.8 Å². The summed E-state index contributed by atoms with van der Waals surface area (Å²) in [7, 11) is 0. The fourth-order valence-electron chi connectivity index (χ4n) is 1.97. The van der Waals surface area contributed by atoms with Crippen molar-refractivity contribution < 1.29 is 0 Å². The van der Waals surface area contributed by atoms with Crippen LogP contribution in [-0.4, -0.2) is 16.3 Å². The molecule has 0 aliphatic carbocycles. The summed E-state index contributed by atoms with van der Waals surface area (Å²) in [6.45, 7) is 6.79. The van der Waals surface area contributed by atoms with Crippen LogP contribution in [0.1, 0.15) is 59.3 Å². The standard InChI is InChI=1S/C12H23NS/c1-4-7-10-11(8-5-2)14-12(13-10)9-6-3/h10-11H,4-9H2,1-3H3/t10-,11-/m1/s1. The molecular weight excluding hydrogens is 190 g/mol. The maximum absolute atomic E-state index is 4.85. The van der Waals surface area contributed by atoms with E-state index in [0.717, 1.165) is 5.25 Å². The van der Waals surface area contributed by atoms with Crippen LogP contribution in [0.3, 0.4) is 0 Å². The fraction of sp³-hybridized carbons (Fsp3) is 0.917. The average Bonchev–Trinajstić information content (AvgIpc) is 2.50. The van der Waals surface area contributed by atoms with Crippen molar-refractivity contribution in [2.45, 2.75) is 70.6 Å². The second kappa shape index (κ2) is 6.49. The largest absolute Gasteiger partial charge is 0.278 e. The van der Waals surface area contributed by atoms with Crippen LogP contribution in [0, 0.1) is 0 Å². The van der Waals surface area contributed by atoms with E-state index in [1.807, 2.05) is 0 Å². The van der Waals surface area contributed by atoms with Crippen LogP contribution in [0.2, 0.25) is 0 Å². The molecule has 0 fully saturated rings. The Labute approximate surface area is 92.8 Å². The van der Waals surface area contributed by atoms with E-state index in [9.17, 15) is 0 Å². The van der Waals surface area contributed by atoms with Crippen molar-refractivity contribution in [1.82, 2.24) is 0 Å². The second-order valence-electron chi connectivity index (χ2n) is 4.07. The van der Waals surface area contributed by atoms with E-state index in [-0.39, 0.29) is 0 Å². The van der Waals surface area contributed by atoms with Crippen molar-refractivity contribution in [3.8, 4) is 0 Å². The zero-order valence-electron chi connectivity index (χ0n) is 9.75. The van der Waals surface area contributed by atoms with Gasteiger partial charge in [0.2, 0.25) is 0 Å². The number of hydrogen-bond acceptors (Lipinski definition) is 2. The molecule has 0 aromatic heterocycles. The van der Waals surface area contributed by atoms with Gasteiger partial charge in [-0.3, -0.25) is 4.99 Å². The molecule has 0 aromatic rings. The molecule has 1 aliphatic rings. The van der Waals surface area contributed by atoms with Crippen molar-refractivity contribution in [3.63, 3.8) is 0 Å². The fourth-order valence-corrected chi connectivity index (χ4v) is 3.55. The lowest BCUT2D eigenvalue weighted by Crippen LogP contribution is -2.16. The first-order chi connectivity index (χ1) is 6.81. The Balaban J connectivity index is 2.47. The topological polar surface area (TPSA) is 12.4 Å². The van der Waals surface area contributed by atoms with Gasteiger partial charge in [0, 0.05) is 5.25 Å². The van der Waals surface area contributed by atoms with Gasteiger partial charge >= 0.3 is 0 Å². The summed E-state index contributed by atoms with van der Waals surface area (Å²) in [5, 5.41) is 2.21. The van der Waals surface area contributed by atoms with Gasteiger partial charge in [0.15, 0.2) is 0 Å². The van der Waals surface area contributed by atoms with Crippen LogP contribution in [0.4, 0.5) is 0 Å². The molecule has 0 saturated carbocycles. The molecule has 0 N–H and O–H groups in total. The van der Waals surface area contributed by atoms with E-state index >= 15 is 0 Å². The lowest BCUT2D eigenvalue weighted by Gasteiger charge is -2.14. The van der Waals surface area contributed by atoms with Gasteiger partial charge in [-0.15, -0.1) is 11.8 Å². The molecule has 1 aliphatic heterocycles. The molecule has 82 valence electrons. The normalized spacial score (nSPS) is 26.6. The first-order valence-electron chi connectivity index (χ1n) is 6.05. The molecule has 2 heteroatoms. The van der Waals surface area contributed by atoms with E-state index in [0.29, 0.717) is 6.04 Å². The monoisotopic (exact) mass is 213 g/mol. The van der Waals surface area contributed by atoms with Crippen LogP contribution in [-0.2, 0) is 0 Å². The molecule has 0 spiro atoms. The van der Waals surface area contributed by atoms with Crippen molar-refractivity contribution in [2.24, 2.45) is 4.99 Å². The summed E-state index contributed by atoms with van der Waals surface area (Å²) < 4.78 is 0. The van der Waals surface area contributed by atoms with Gasteiger partial charge in [-0.05, 0) is 19.3 Å². The molecular formula is C12H23NS. The number of thioether (sulfide) groups is 1. The highest BCUT2D eigenvalue weighted by Gasteiger charge is 2.27. The molecule has 14 heavy (non-hydrogen) atoms. The highest BCUT2D eigenvalue weighted by atomic mass is 32.2. The first-order valence-corrected chi connectivity index (χ1v) is 6.93. The second-order valence-corrected chi connectivity index (χ2v) is 5.39. The minimum absolute atomic E-state index is 0.631. The van der Waals surface area contributed by atoms with Crippen molar-refractivity contribution in [3.05, 3.63) is 0 Å². The minimum atomic E-state index is 0.631. The molecule has 1 rings (SSSR count). The van der Waals surface area contributed by atoms with E-state index in [1.54, 1.807) is 0 Å². The highest BCUT2D eigenvalue weighted by molar-refractivity contribution is 8.14. The molecule has 0 unspecified atom stereocenters. The third-order valence-corrected chi connectivity index (χ3v) is 4.08. The number of hydrogen-bond donors (Lipinski definition) is 0. The van der Waals surface area contributed by atoms with Gasteiger partial charge in [0.1, 0.15) is 0 Å². The van der Waals surface area contributed by atoms with Gasteiger partial charge in [0.05, 0.1) is 11.1 Å². The van der Waals surface area contributed by atoms with Gasteiger partial charge in [0.25, 0.3) is 0 Å². The van der Waals surface area contributed by atoms with Crippen molar-refractivity contribution in [2.75, 3.05) is 0 Å². The van der Waals surface area contributed by atoms with Crippen LogP contribution in [0.25, 0.3) is 0 Å². The minimum Gasteiger partial charge on any atom is -0.278 e. The SMILES string of the molecule is CCCC1=N[C@H](CCC)[C@@H](CCC)S1. The maximum Gasteiger partial charge on any atom is 0.0683 e. The lowest BCUT2D eigenvalue weighted by molar-refractivity contribution is 0.559. The maximum atomic E-state index is 4.85. The highest BCUT2D eigenvalue weighted by Crippen LogP contribution is 2.34. The summed E-state index contributed by atoms with van der Waals surface area (Å²) in [6, 6.07) is 0.631. The molecule has 1 nitrogen and oxygen atoms in total. The third kappa shape index (κ3) is 3.30. The van der Waals surface area contributed by atoms with E-state index in [4.69, 9.17) is 4.99 Å². The summed E-state index contributed by atoms with van der Waals surface area (Å²) >= 11 is 2.06. The number of rotatable bonds is 6. The quantitative estimate of drug-likeness (QED) is 0.642. The molecule has 1 heterocycles. The van der Waals surface area contributed by atoms with E-state index < -0.39 is 0 Å². The molecule has 0 aromatic carbocycles. The Morgan fingerprint density at radius 3 is 2.36 bits per heavy atom. The summed E-state index contributed by atoms with van der Waals surface area (Å²) in [6.07, 6.45) is 7.63. The van der Waals surface area contributed by atoms with Gasteiger partial charge in [-0.1, -0.05) is 40.0 Å². The smallest absolute Gasteiger partial charge is 0.0683 e. The van der Waals surface area contributed by atoms with Gasteiger partial charge < -0.3 is 0 Å².